The van der Waals surface area contributed by atoms with Crippen LogP contribution in [0.5, 0.6) is 5.75 Å². The molecule has 9 heteroatoms. The van der Waals surface area contributed by atoms with Gasteiger partial charge in [0.1, 0.15) is 0 Å². The Morgan fingerprint density at radius 3 is 2.69 bits per heavy atom. The SMILES string of the molecule is O=C1CCN(C/C=C/CCS(=O)(=O)CC2(c3ccc(F)c(OCC4CC4)c3)CC2)C(=O)N1. The first-order valence-electron chi connectivity index (χ1n) is 11.1. The van der Waals surface area contributed by atoms with Crippen LogP contribution in [0.3, 0.4) is 0 Å². The lowest BCUT2D eigenvalue weighted by Gasteiger charge is -2.25. The average molecular weight is 465 g/mol. The summed E-state index contributed by atoms with van der Waals surface area (Å²) in [5.74, 6) is 0.0843. The van der Waals surface area contributed by atoms with E-state index in [1.165, 1.54) is 11.0 Å². The van der Waals surface area contributed by atoms with Crippen LogP contribution in [-0.2, 0) is 20.0 Å². The molecule has 0 spiro atoms. The van der Waals surface area contributed by atoms with Crippen LogP contribution in [0.15, 0.2) is 30.4 Å². The molecule has 1 aromatic rings. The van der Waals surface area contributed by atoms with Gasteiger partial charge in [0.25, 0.3) is 0 Å². The molecule has 1 aromatic carbocycles. The molecule has 7 nitrogen and oxygen atoms in total. The Balaban J connectivity index is 1.28. The van der Waals surface area contributed by atoms with Crippen LogP contribution >= 0.6 is 0 Å². The summed E-state index contributed by atoms with van der Waals surface area (Å²) < 4.78 is 45.2. The fraction of sp³-hybridized carbons (Fsp3) is 0.565. The Kier molecular flexibility index (Phi) is 6.55. The summed E-state index contributed by atoms with van der Waals surface area (Å²) in [5.41, 5.74) is 0.376. The largest absolute Gasteiger partial charge is 0.490 e. The van der Waals surface area contributed by atoms with Crippen molar-refractivity contribution in [1.82, 2.24) is 10.2 Å². The Bertz CT molecular complexity index is 1020. The van der Waals surface area contributed by atoms with Crippen molar-refractivity contribution in [1.29, 1.82) is 0 Å². The number of carbonyl (C=O) groups excluding carboxylic acids is 2. The Morgan fingerprint density at radius 1 is 1.22 bits per heavy atom. The van der Waals surface area contributed by atoms with Gasteiger partial charge in [-0.3, -0.25) is 10.1 Å². The van der Waals surface area contributed by atoms with E-state index in [0.29, 0.717) is 32.0 Å². The van der Waals surface area contributed by atoms with Gasteiger partial charge < -0.3 is 9.64 Å². The van der Waals surface area contributed by atoms with Gasteiger partial charge in [-0.25, -0.2) is 17.6 Å². The zero-order chi connectivity index (χ0) is 22.8. The number of imide groups is 1. The van der Waals surface area contributed by atoms with Gasteiger partial charge in [-0.1, -0.05) is 18.2 Å². The zero-order valence-corrected chi connectivity index (χ0v) is 18.8. The van der Waals surface area contributed by atoms with Crippen molar-refractivity contribution >= 4 is 21.8 Å². The number of halogens is 1. The molecular weight excluding hydrogens is 435 g/mol. The monoisotopic (exact) mass is 464 g/mol. The van der Waals surface area contributed by atoms with Gasteiger partial charge in [-0.15, -0.1) is 0 Å². The highest BCUT2D eigenvalue weighted by molar-refractivity contribution is 7.91. The van der Waals surface area contributed by atoms with Crippen molar-refractivity contribution in [3.63, 3.8) is 0 Å². The van der Waals surface area contributed by atoms with Gasteiger partial charge in [0.2, 0.25) is 5.91 Å². The van der Waals surface area contributed by atoms with Gasteiger partial charge in [-0.05, 0) is 55.7 Å². The Labute approximate surface area is 187 Å². The van der Waals surface area contributed by atoms with E-state index in [4.69, 9.17) is 4.74 Å². The number of ether oxygens (including phenoxy) is 1. The number of amides is 3. The third-order valence-corrected chi connectivity index (χ3v) is 8.15. The van der Waals surface area contributed by atoms with Gasteiger partial charge in [0.15, 0.2) is 21.4 Å². The van der Waals surface area contributed by atoms with E-state index >= 15 is 0 Å². The van der Waals surface area contributed by atoms with Crippen LogP contribution in [0.2, 0.25) is 0 Å². The highest BCUT2D eigenvalue weighted by Gasteiger charge is 2.47. The fourth-order valence-electron chi connectivity index (χ4n) is 3.94. The topological polar surface area (TPSA) is 92.8 Å². The van der Waals surface area contributed by atoms with Gasteiger partial charge in [-0.2, -0.15) is 0 Å². The summed E-state index contributed by atoms with van der Waals surface area (Å²) in [6.45, 7) is 1.20. The number of nitrogens with zero attached hydrogens (tertiary/aromatic N) is 1. The van der Waals surface area contributed by atoms with E-state index in [9.17, 15) is 22.4 Å². The third-order valence-electron chi connectivity index (χ3n) is 6.30. The molecule has 1 heterocycles. The number of allylic oxidation sites excluding steroid dienone is 1. The predicted octanol–water partition coefficient (Wildman–Crippen LogP) is 2.95. The van der Waals surface area contributed by atoms with E-state index in [1.807, 2.05) is 0 Å². The Morgan fingerprint density at radius 2 is 2.00 bits per heavy atom. The number of benzene rings is 1. The number of carbonyl (C=O) groups is 2. The molecule has 0 atom stereocenters. The lowest BCUT2D eigenvalue weighted by Crippen LogP contribution is -2.49. The molecule has 4 rings (SSSR count). The van der Waals surface area contributed by atoms with E-state index in [2.05, 4.69) is 5.32 Å². The highest BCUT2D eigenvalue weighted by Crippen LogP contribution is 2.50. The van der Waals surface area contributed by atoms with Crippen molar-refractivity contribution in [2.45, 2.75) is 43.9 Å². The molecule has 174 valence electrons. The average Bonchev–Trinajstić information content (AvgIpc) is 3.65. The van der Waals surface area contributed by atoms with Crippen LogP contribution in [-0.4, -0.2) is 56.5 Å². The number of sulfone groups is 1. The minimum atomic E-state index is -3.31. The smallest absolute Gasteiger partial charge is 0.324 e. The standard InChI is InChI=1S/C23H29FN2O5S/c24-19-7-6-18(14-20(19)31-15-17-4-5-17)23(9-10-23)16-32(29,30)13-3-1-2-11-26-12-8-21(27)25-22(26)28/h1-2,6-7,14,17H,3-5,8-13,15-16H2,(H,25,27,28)/b2-1+. The first-order chi connectivity index (χ1) is 15.3. The lowest BCUT2D eigenvalue weighted by molar-refractivity contribution is -0.121. The summed E-state index contributed by atoms with van der Waals surface area (Å²) in [7, 11) is -3.31. The van der Waals surface area contributed by atoms with Crippen molar-refractivity contribution in [3.8, 4) is 5.75 Å². The van der Waals surface area contributed by atoms with Crippen LogP contribution in [0.4, 0.5) is 9.18 Å². The predicted molar refractivity (Wildman–Crippen MR) is 118 cm³/mol. The van der Waals surface area contributed by atoms with E-state index in [1.54, 1.807) is 24.3 Å². The molecule has 3 fully saturated rings. The maximum atomic E-state index is 14.1. The molecule has 32 heavy (non-hydrogen) atoms. The molecule has 2 aliphatic carbocycles. The molecule has 0 aromatic heterocycles. The molecule has 0 unspecified atom stereocenters. The summed E-state index contributed by atoms with van der Waals surface area (Å²) in [6.07, 6.45) is 7.88. The zero-order valence-electron chi connectivity index (χ0n) is 18.0. The van der Waals surface area contributed by atoms with Crippen LogP contribution < -0.4 is 10.1 Å². The first-order valence-corrected chi connectivity index (χ1v) is 13.0. The van der Waals surface area contributed by atoms with Crippen molar-refractivity contribution in [3.05, 3.63) is 41.7 Å². The normalized spacial score (nSPS) is 20.5. The summed E-state index contributed by atoms with van der Waals surface area (Å²) in [6, 6.07) is 4.30. The molecule has 1 N–H and O–H groups in total. The van der Waals surface area contributed by atoms with Gasteiger partial charge >= 0.3 is 6.03 Å². The quantitative estimate of drug-likeness (QED) is 0.509. The number of hydrogen-bond acceptors (Lipinski definition) is 5. The molecular formula is C23H29FN2O5S. The van der Waals surface area contributed by atoms with Crippen molar-refractivity contribution in [2.75, 3.05) is 31.2 Å². The number of nitrogens with one attached hydrogen (secondary N) is 1. The molecule has 2 saturated carbocycles. The number of urea groups is 1. The van der Waals surface area contributed by atoms with Crippen LogP contribution in [0.1, 0.15) is 44.1 Å². The number of rotatable bonds is 11. The molecule has 1 saturated heterocycles. The van der Waals surface area contributed by atoms with E-state index in [-0.39, 0.29) is 29.6 Å². The molecule has 1 aliphatic heterocycles. The van der Waals surface area contributed by atoms with Crippen molar-refractivity contribution in [2.24, 2.45) is 5.92 Å². The van der Waals surface area contributed by atoms with Gasteiger partial charge in [0.05, 0.1) is 18.1 Å². The van der Waals surface area contributed by atoms with Crippen molar-refractivity contribution < 1.29 is 27.1 Å². The summed E-state index contributed by atoms with van der Waals surface area (Å²) in [5, 5.41) is 2.25. The molecule has 0 bridgehead atoms. The molecule has 0 radical (unpaired) electrons. The second-order valence-corrected chi connectivity index (χ2v) is 11.3. The summed E-state index contributed by atoms with van der Waals surface area (Å²) in [4.78, 5) is 24.3. The maximum Gasteiger partial charge on any atom is 0.324 e. The minimum Gasteiger partial charge on any atom is -0.490 e. The van der Waals surface area contributed by atoms with E-state index < -0.39 is 27.1 Å². The number of hydrogen-bond donors (Lipinski definition) is 1. The molecule has 3 aliphatic rings. The second-order valence-electron chi connectivity index (χ2n) is 9.08. The Hall–Kier alpha value is -2.42. The third kappa shape index (κ3) is 5.88. The molecule has 3 amide bonds. The lowest BCUT2D eigenvalue weighted by atomic mass is 9.98. The van der Waals surface area contributed by atoms with Crippen LogP contribution in [0.25, 0.3) is 0 Å². The highest BCUT2D eigenvalue weighted by atomic mass is 32.2. The maximum absolute atomic E-state index is 14.1. The van der Waals surface area contributed by atoms with E-state index in [0.717, 1.165) is 31.2 Å². The second kappa shape index (κ2) is 9.21. The van der Waals surface area contributed by atoms with Crippen LogP contribution in [0, 0.1) is 11.7 Å². The van der Waals surface area contributed by atoms with Gasteiger partial charge in [0, 0.05) is 24.9 Å². The summed E-state index contributed by atoms with van der Waals surface area (Å²) >= 11 is 0. The minimum absolute atomic E-state index is 0.0160. The first kappa shape index (κ1) is 22.8. The fourth-order valence-corrected chi connectivity index (χ4v) is 5.87.